The fraction of sp³-hybridized carbons (Fsp3) is 0.370. The Morgan fingerprint density at radius 2 is 1.68 bits per heavy atom. The Labute approximate surface area is 199 Å². The lowest BCUT2D eigenvalue weighted by Crippen LogP contribution is -2.47. The molecule has 0 bridgehead atoms. The van der Waals surface area contributed by atoms with Gasteiger partial charge in [0.15, 0.2) is 0 Å². The zero-order chi connectivity index (χ0) is 24.2. The van der Waals surface area contributed by atoms with E-state index in [0.29, 0.717) is 18.2 Å². The molecule has 1 fully saturated rings. The first-order valence-electron chi connectivity index (χ1n) is 11.8. The molecule has 0 saturated carbocycles. The van der Waals surface area contributed by atoms with Crippen LogP contribution in [0.5, 0.6) is 0 Å². The van der Waals surface area contributed by atoms with E-state index in [4.69, 9.17) is 0 Å². The molecular weight excluding hydrogens is 431 g/mol. The minimum absolute atomic E-state index is 0.0222. The molecule has 2 amide bonds. The van der Waals surface area contributed by atoms with E-state index < -0.39 is 18.3 Å². The first-order valence-corrected chi connectivity index (χ1v) is 11.8. The number of nitrogens with one attached hydrogen (secondary N) is 1. The number of halogens is 1. The lowest BCUT2D eigenvalue weighted by molar-refractivity contribution is -0.125. The summed E-state index contributed by atoms with van der Waals surface area (Å²) in [6.07, 6.45) is 0.269. The van der Waals surface area contributed by atoms with Gasteiger partial charge in [0.25, 0.3) is 5.91 Å². The largest absolute Gasteiger partial charge is 0.343 e. The second-order valence-corrected chi connectivity index (χ2v) is 9.01. The summed E-state index contributed by atoms with van der Waals surface area (Å²) in [6, 6.07) is 18.2. The quantitative estimate of drug-likeness (QED) is 0.563. The third-order valence-electron chi connectivity index (χ3n) is 6.40. The molecular formula is C27H31FN4O2. The van der Waals surface area contributed by atoms with Crippen molar-refractivity contribution in [3.63, 3.8) is 0 Å². The molecule has 178 valence electrons. The lowest BCUT2D eigenvalue weighted by Gasteiger charge is -2.27. The highest BCUT2D eigenvalue weighted by molar-refractivity contribution is 5.97. The number of amides is 2. The number of aromatic nitrogens is 2. The first kappa shape index (κ1) is 23.7. The molecule has 1 aliphatic rings. The number of alkyl halides is 1. The van der Waals surface area contributed by atoms with Crippen molar-refractivity contribution in [1.29, 1.82) is 0 Å². The van der Waals surface area contributed by atoms with Crippen LogP contribution in [0, 0.1) is 0 Å². The van der Waals surface area contributed by atoms with E-state index >= 15 is 0 Å². The summed E-state index contributed by atoms with van der Waals surface area (Å²) >= 11 is 0. The van der Waals surface area contributed by atoms with Gasteiger partial charge in [0, 0.05) is 19.2 Å². The van der Waals surface area contributed by atoms with Crippen LogP contribution in [-0.4, -0.2) is 45.3 Å². The van der Waals surface area contributed by atoms with E-state index in [1.807, 2.05) is 49.4 Å². The molecule has 0 radical (unpaired) electrons. The Morgan fingerprint density at radius 3 is 2.32 bits per heavy atom. The number of carbonyl (C=O) groups excluding carboxylic acids is 2. The molecule has 7 heteroatoms. The van der Waals surface area contributed by atoms with Crippen molar-refractivity contribution in [2.24, 2.45) is 0 Å². The Kier molecular flexibility index (Phi) is 7.10. The van der Waals surface area contributed by atoms with Crippen molar-refractivity contribution in [1.82, 2.24) is 20.0 Å². The van der Waals surface area contributed by atoms with Gasteiger partial charge in [0.2, 0.25) is 5.91 Å². The average Bonchev–Trinajstić information content (AvgIpc) is 3.49. The third-order valence-corrected chi connectivity index (χ3v) is 6.40. The summed E-state index contributed by atoms with van der Waals surface area (Å²) in [6.45, 7) is 6.56. The van der Waals surface area contributed by atoms with Gasteiger partial charge in [-0.25, -0.2) is 4.39 Å². The van der Waals surface area contributed by atoms with Crippen molar-refractivity contribution >= 4 is 11.8 Å². The normalized spacial score (nSPS) is 18.8. The summed E-state index contributed by atoms with van der Waals surface area (Å²) in [4.78, 5) is 28.0. The number of carbonyl (C=O) groups is 2. The molecule has 34 heavy (non-hydrogen) atoms. The van der Waals surface area contributed by atoms with Crippen LogP contribution in [0.4, 0.5) is 4.39 Å². The average molecular weight is 463 g/mol. The minimum atomic E-state index is -1.25. The summed E-state index contributed by atoms with van der Waals surface area (Å²) < 4.78 is 16.0. The molecule has 3 atom stereocenters. The molecule has 1 N–H and O–H groups in total. The predicted octanol–water partition coefficient (Wildman–Crippen LogP) is 4.48. The lowest BCUT2D eigenvalue weighted by atomic mass is 9.95. The molecule has 0 aliphatic carbocycles. The summed E-state index contributed by atoms with van der Waals surface area (Å²) in [5, 5.41) is 7.24. The van der Waals surface area contributed by atoms with Crippen molar-refractivity contribution in [3.05, 3.63) is 89.2 Å². The van der Waals surface area contributed by atoms with Crippen LogP contribution in [0.25, 0.3) is 0 Å². The predicted molar refractivity (Wildman–Crippen MR) is 129 cm³/mol. The standard InChI is InChI=1S/C27H31FN4O2/c1-4-32-23(14-15-29-32)27(34)31-17-22(28)16-24(31)26(33)30-25(20-8-6-5-7-9-20)21-12-10-19(11-13-21)18(2)3/h5-15,18,22,24-25H,4,16-17H2,1-3H3,(H,30,33)/t22-,24+,25+/m1/s1. The molecule has 1 saturated heterocycles. The smallest absolute Gasteiger partial charge is 0.272 e. The van der Waals surface area contributed by atoms with Crippen molar-refractivity contribution in [2.75, 3.05) is 6.54 Å². The highest BCUT2D eigenvalue weighted by Crippen LogP contribution is 2.27. The van der Waals surface area contributed by atoms with Crippen molar-refractivity contribution in [2.45, 2.75) is 57.9 Å². The Morgan fingerprint density at radius 1 is 1.03 bits per heavy atom. The zero-order valence-corrected chi connectivity index (χ0v) is 19.8. The van der Waals surface area contributed by atoms with Gasteiger partial charge in [-0.05, 0) is 35.6 Å². The van der Waals surface area contributed by atoms with Crippen LogP contribution >= 0.6 is 0 Å². The highest BCUT2D eigenvalue weighted by Gasteiger charge is 2.41. The SMILES string of the molecule is CCn1nccc1C(=O)N1C[C@H](F)C[C@H]1C(=O)N[C@@H](c1ccccc1)c1ccc(C(C)C)cc1. The number of rotatable bonds is 7. The van der Waals surface area contributed by atoms with Crippen LogP contribution < -0.4 is 5.32 Å². The number of likely N-dealkylation sites (tertiary alicyclic amines) is 1. The van der Waals surface area contributed by atoms with Crippen molar-refractivity contribution in [3.8, 4) is 0 Å². The number of nitrogens with zero attached hydrogens (tertiary/aromatic N) is 3. The van der Waals surface area contributed by atoms with Gasteiger partial charge < -0.3 is 10.2 Å². The van der Waals surface area contributed by atoms with Gasteiger partial charge in [0.05, 0.1) is 12.6 Å². The molecule has 3 aromatic rings. The maximum absolute atomic E-state index is 14.5. The number of hydrogen-bond acceptors (Lipinski definition) is 3. The van der Waals surface area contributed by atoms with Gasteiger partial charge in [0.1, 0.15) is 17.9 Å². The maximum Gasteiger partial charge on any atom is 0.272 e. The van der Waals surface area contributed by atoms with Crippen LogP contribution in [0.15, 0.2) is 66.9 Å². The Bertz CT molecular complexity index is 1130. The van der Waals surface area contributed by atoms with Crippen LogP contribution in [0.1, 0.15) is 66.3 Å². The van der Waals surface area contributed by atoms with Gasteiger partial charge >= 0.3 is 0 Å². The maximum atomic E-state index is 14.5. The van der Waals surface area contributed by atoms with Gasteiger partial charge in [-0.1, -0.05) is 68.4 Å². The molecule has 1 aliphatic heterocycles. The van der Waals surface area contributed by atoms with E-state index in [0.717, 1.165) is 11.1 Å². The fourth-order valence-electron chi connectivity index (χ4n) is 4.49. The first-order chi connectivity index (χ1) is 16.4. The second kappa shape index (κ2) is 10.2. The molecule has 0 spiro atoms. The molecule has 6 nitrogen and oxygen atoms in total. The number of benzene rings is 2. The topological polar surface area (TPSA) is 67.2 Å². The summed E-state index contributed by atoms with van der Waals surface area (Å²) in [5.74, 6) is -0.343. The molecule has 4 rings (SSSR count). The molecule has 2 aromatic carbocycles. The summed E-state index contributed by atoms with van der Waals surface area (Å²) in [7, 11) is 0. The van der Waals surface area contributed by atoms with Crippen LogP contribution in [0.3, 0.4) is 0 Å². The minimum Gasteiger partial charge on any atom is -0.343 e. The second-order valence-electron chi connectivity index (χ2n) is 9.01. The monoisotopic (exact) mass is 462 g/mol. The zero-order valence-electron chi connectivity index (χ0n) is 19.8. The molecule has 2 heterocycles. The molecule has 0 unspecified atom stereocenters. The number of hydrogen-bond donors (Lipinski definition) is 1. The highest BCUT2D eigenvalue weighted by atomic mass is 19.1. The van der Waals surface area contributed by atoms with Crippen molar-refractivity contribution < 1.29 is 14.0 Å². The third kappa shape index (κ3) is 4.88. The van der Waals surface area contributed by atoms with E-state index in [1.165, 1.54) is 10.5 Å². The number of aryl methyl sites for hydroxylation is 1. The van der Waals surface area contributed by atoms with Crippen LogP contribution in [-0.2, 0) is 11.3 Å². The van der Waals surface area contributed by atoms with E-state index in [-0.39, 0.29) is 24.8 Å². The van der Waals surface area contributed by atoms with Gasteiger partial charge in [-0.2, -0.15) is 5.10 Å². The van der Waals surface area contributed by atoms with E-state index in [9.17, 15) is 14.0 Å². The Hall–Kier alpha value is -3.48. The summed E-state index contributed by atoms with van der Waals surface area (Å²) in [5.41, 5.74) is 3.42. The van der Waals surface area contributed by atoms with E-state index in [1.54, 1.807) is 16.9 Å². The van der Waals surface area contributed by atoms with E-state index in [2.05, 4.69) is 36.4 Å². The fourth-order valence-corrected chi connectivity index (χ4v) is 4.49. The van der Waals surface area contributed by atoms with Gasteiger partial charge in [-0.15, -0.1) is 0 Å². The van der Waals surface area contributed by atoms with Crippen LogP contribution in [0.2, 0.25) is 0 Å². The molecule has 1 aromatic heterocycles. The van der Waals surface area contributed by atoms with Gasteiger partial charge in [-0.3, -0.25) is 14.3 Å². The Balaban J connectivity index is 1.60.